The summed E-state index contributed by atoms with van der Waals surface area (Å²) in [4.78, 5) is 0. The first-order valence-corrected chi connectivity index (χ1v) is 10.8. The molecule has 0 radical (unpaired) electrons. The number of unbranched alkanes of at least 4 members (excludes halogenated alkanes) is 10. The van der Waals surface area contributed by atoms with Crippen LogP contribution in [0.15, 0.2) is 11.8 Å². The fraction of sp³-hybridized carbons (Fsp3) is 0.889. The molecule has 0 fully saturated rings. The highest BCUT2D eigenvalue weighted by Crippen LogP contribution is 2.19. The minimum Gasteiger partial charge on any atom is -0.511 e. The predicted octanol–water partition coefficient (Wildman–Crippen LogP) is 5.80. The quantitative estimate of drug-likeness (QED) is 0.223. The molecule has 0 aliphatic rings. The van der Waals surface area contributed by atoms with Crippen LogP contribution in [0.4, 0.5) is 0 Å². The second kappa shape index (κ2) is 13.8. The number of rotatable bonds is 15. The molecule has 2 N–H and O–H groups in total. The van der Waals surface area contributed by atoms with E-state index in [1.807, 2.05) is 0 Å². The van der Waals surface area contributed by atoms with Gasteiger partial charge in [0.1, 0.15) is 11.0 Å². The highest BCUT2D eigenvalue weighted by molar-refractivity contribution is 7.86. The lowest BCUT2D eigenvalue weighted by Crippen LogP contribution is -2.23. The van der Waals surface area contributed by atoms with E-state index >= 15 is 0 Å². The first-order valence-electron chi connectivity index (χ1n) is 9.28. The molecule has 23 heavy (non-hydrogen) atoms. The molecule has 0 aromatic rings. The molecule has 138 valence electrons. The minimum atomic E-state index is -4.23. The Hall–Kier alpha value is -0.550. The minimum absolute atomic E-state index is 0.184. The maximum Gasteiger partial charge on any atom is 0.275 e. The third-order valence-corrected chi connectivity index (χ3v) is 5.37. The summed E-state index contributed by atoms with van der Waals surface area (Å²) in [7, 11) is -4.23. The summed E-state index contributed by atoms with van der Waals surface area (Å²) in [6.07, 6.45) is 14.4. The van der Waals surface area contributed by atoms with Crippen molar-refractivity contribution in [3.05, 3.63) is 11.8 Å². The molecular formula is C18H36O4S. The van der Waals surface area contributed by atoms with E-state index in [4.69, 9.17) is 0 Å². The highest BCUT2D eigenvalue weighted by atomic mass is 32.2. The standard InChI is InChI=1S/C18H36O4S/c1-3-5-7-9-11-13-15-17(19)18(23(20,21)22)16-14-12-10-8-6-4-2/h15,18-19H,3-14,16H2,1-2H3,(H,20,21,22)/b17-15-. The Morgan fingerprint density at radius 2 is 1.35 bits per heavy atom. The van der Waals surface area contributed by atoms with Gasteiger partial charge < -0.3 is 5.11 Å². The molecule has 0 aromatic heterocycles. The molecule has 0 bridgehead atoms. The fourth-order valence-corrected chi connectivity index (χ4v) is 3.55. The molecule has 1 atom stereocenters. The van der Waals surface area contributed by atoms with E-state index in [-0.39, 0.29) is 5.76 Å². The fourth-order valence-electron chi connectivity index (χ4n) is 2.69. The maximum atomic E-state index is 11.5. The normalized spacial score (nSPS) is 14.1. The molecule has 1 unspecified atom stereocenters. The van der Waals surface area contributed by atoms with Crippen molar-refractivity contribution in [1.29, 1.82) is 0 Å². The summed E-state index contributed by atoms with van der Waals surface area (Å²) in [5.74, 6) is -0.184. The first-order chi connectivity index (χ1) is 10.9. The largest absolute Gasteiger partial charge is 0.511 e. The van der Waals surface area contributed by atoms with Crippen LogP contribution in [0.25, 0.3) is 0 Å². The van der Waals surface area contributed by atoms with Gasteiger partial charge in [0.25, 0.3) is 10.1 Å². The molecule has 0 heterocycles. The van der Waals surface area contributed by atoms with Crippen LogP contribution in [-0.2, 0) is 10.1 Å². The number of aliphatic hydroxyl groups excluding tert-OH is 1. The monoisotopic (exact) mass is 348 g/mol. The van der Waals surface area contributed by atoms with Gasteiger partial charge in [0.2, 0.25) is 0 Å². The number of allylic oxidation sites excluding steroid dienone is 1. The van der Waals surface area contributed by atoms with Crippen LogP contribution in [0.1, 0.15) is 97.3 Å². The van der Waals surface area contributed by atoms with Gasteiger partial charge in [0.15, 0.2) is 0 Å². The van der Waals surface area contributed by atoms with Crippen LogP contribution in [0.3, 0.4) is 0 Å². The average molecular weight is 349 g/mol. The Bertz CT molecular complexity index is 401. The van der Waals surface area contributed by atoms with Crippen LogP contribution in [0, 0.1) is 0 Å². The summed E-state index contributed by atoms with van der Waals surface area (Å²) in [6, 6.07) is 0. The average Bonchev–Trinajstić information content (AvgIpc) is 2.48. The van der Waals surface area contributed by atoms with Crippen molar-refractivity contribution in [3.63, 3.8) is 0 Å². The zero-order valence-electron chi connectivity index (χ0n) is 15.0. The van der Waals surface area contributed by atoms with Crippen LogP contribution in [0.2, 0.25) is 0 Å². The first kappa shape index (κ1) is 22.4. The van der Waals surface area contributed by atoms with Crippen molar-refractivity contribution < 1.29 is 18.1 Å². The van der Waals surface area contributed by atoms with Crippen molar-refractivity contribution in [2.45, 2.75) is 103 Å². The van der Waals surface area contributed by atoms with Crippen molar-refractivity contribution in [2.75, 3.05) is 0 Å². The van der Waals surface area contributed by atoms with Gasteiger partial charge in [-0.25, -0.2) is 0 Å². The van der Waals surface area contributed by atoms with E-state index in [0.717, 1.165) is 32.1 Å². The second-order valence-corrected chi connectivity index (χ2v) is 7.99. The second-order valence-electron chi connectivity index (χ2n) is 6.39. The molecule has 5 heteroatoms. The lowest BCUT2D eigenvalue weighted by Gasteiger charge is -2.13. The third-order valence-electron chi connectivity index (χ3n) is 4.17. The van der Waals surface area contributed by atoms with E-state index in [1.165, 1.54) is 32.1 Å². The van der Waals surface area contributed by atoms with Gasteiger partial charge in [-0.3, -0.25) is 4.55 Å². The summed E-state index contributed by atoms with van der Waals surface area (Å²) < 4.78 is 32.3. The molecule has 0 amide bonds. The molecule has 0 rings (SSSR count). The van der Waals surface area contributed by atoms with Crippen molar-refractivity contribution in [2.24, 2.45) is 0 Å². The van der Waals surface area contributed by atoms with E-state index in [9.17, 15) is 18.1 Å². The van der Waals surface area contributed by atoms with E-state index in [1.54, 1.807) is 6.08 Å². The SMILES string of the molecule is CCCCCCC/C=C(\O)C(CCCCCCCC)S(=O)(=O)O. The third kappa shape index (κ3) is 12.5. The van der Waals surface area contributed by atoms with Gasteiger partial charge in [0, 0.05) is 0 Å². The molecule has 0 aromatic carbocycles. The Labute approximate surface area is 143 Å². The van der Waals surface area contributed by atoms with E-state index < -0.39 is 15.4 Å². The predicted molar refractivity (Wildman–Crippen MR) is 97.4 cm³/mol. The van der Waals surface area contributed by atoms with Gasteiger partial charge in [-0.15, -0.1) is 0 Å². The molecule has 4 nitrogen and oxygen atoms in total. The topological polar surface area (TPSA) is 74.6 Å². The smallest absolute Gasteiger partial charge is 0.275 e. The number of hydrogen-bond acceptors (Lipinski definition) is 3. The Balaban J connectivity index is 4.21. The lowest BCUT2D eigenvalue weighted by atomic mass is 10.1. The zero-order chi connectivity index (χ0) is 17.6. The maximum absolute atomic E-state index is 11.5. The van der Waals surface area contributed by atoms with Crippen molar-refractivity contribution in [1.82, 2.24) is 0 Å². The molecule has 0 aliphatic carbocycles. The Morgan fingerprint density at radius 3 is 1.87 bits per heavy atom. The summed E-state index contributed by atoms with van der Waals surface area (Å²) in [5, 5.41) is 8.86. The van der Waals surface area contributed by atoms with Crippen molar-refractivity contribution >= 4 is 10.1 Å². The molecule has 0 saturated carbocycles. The summed E-state index contributed by atoms with van der Waals surface area (Å²) in [6.45, 7) is 4.31. The van der Waals surface area contributed by atoms with Crippen molar-refractivity contribution in [3.8, 4) is 0 Å². The Kier molecular flexibility index (Phi) is 13.5. The molecule has 0 aliphatic heterocycles. The van der Waals surface area contributed by atoms with Gasteiger partial charge in [0.05, 0.1) is 0 Å². The highest BCUT2D eigenvalue weighted by Gasteiger charge is 2.26. The van der Waals surface area contributed by atoms with Crippen LogP contribution < -0.4 is 0 Å². The van der Waals surface area contributed by atoms with Crippen LogP contribution in [0.5, 0.6) is 0 Å². The number of aliphatic hydroxyl groups is 1. The summed E-state index contributed by atoms with van der Waals surface area (Å²) >= 11 is 0. The van der Waals surface area contributed by atoms with E-state index in [0.29, 0.717) is 19.3 Å². The molecule has 0 saturated heterocycles. The van der Waals surface area contributed by atoms with Gasteiger partial charge in [-0.1, -0.05) is 78.1 Å². The van der Waals surface area contributed by atoms with Crippen LogP contribution >= 0.6 is 0 Å². The van der Waals surface area contributed by atoms with Gasteiger partial charge in [-0.2, -0.15) is 8.42 Å². The van der Waals surface area contributed by atoms with Gasteiger partial charge in [-0.05, 0) is 25.3 Å². The Morgan fingerprint density at radius 1 is 0.870 bits per heavy atom. The lowest BCUT2D eigenvalue weighted by molar-refractivity contribution is 0.363. The summed E-state index contributed by atoms with van der Waals surface area (Å²) in [5.41, 5.74) is 0. The van der Waals surface area contributed by atoms with Crippen LogP contribution in [-0.4, -0.2) is 23.3 Å². The molecule has 0 spiro atoms. The molecular weight excluding hydrogens is 312 g/mol. The van der Waals surface area contributed by atoms with Gasteiger partial charge >= 0.3 is 0 Å². The van der Waals surface area contributed by atoms with E-state index in [2.05, 4.69) is 13.8 Å². The number of hydrogen-bond donors (Lipinski definition) is 2. The zero-order valence-corrected chi connectivity index (χ0v) is 15.8.